The van der Waals surface area contributed by atoms with Gasteiger partial charge in [-0.3, -0.25) is 24.2 Å². The van der Waals surface area contributed by atoms with Crippen molar-refractivity contribution in [2.24, 2.45) is 0 Å². The van der Waals surface area contributed by atoms with Crippen molar-refractivity contribution in [3.63, 3.8) is 0 Å². The summed E-state index contributed by atoms with van der Waals surface area (Å²) in [6.45, 7) is 12.8. The molecule has 608 valence electrons. The number of nitrogens with one attached hydrogen (secondary N) is 4. The average Bonchev–Trinajstić information content (AvgIpc) is 1.60. The number of aliphatic hydroxyl groups excluding tert-OH is 1. The number of ether oxygens (including phenoxy) is 2. The van der Waals surface area contributed by atoms with Crippen molar-refractivity contribution in [3.8, 4) is 0 Å². The molecule has 2 amide bonds. The van der Waals surface area contributed by atoms with Crippen LogP contribution in [0.4, 0.5) is 38.7 Å². The number of halogens is 9. The van der Waals surface area contributed by atoms with Gasteiger partial charge in [-0.05, 0) is 261 Å². The van der Waals surface area contributed by atoms with Crippen LogP contribution in [0, 0.1) is 0 Å². The molecule has 31 heteroatoms. The second-order valence-electron chi connectivity index (χ2n) is 27.2. The molecule has 5 aromatic carbocycles. The molecule has 0 saturated carbocycles. The maximum atomic E-state index is 13.0. The first kappa shape index (κ1) is 93.0. The number of aldehydes is 3. The molecule has 7 N–H and O–H groups in total. The van der Waals surface area contributed by atoms with Gasteiger partial charge in [-0.2, -0.15) is 0 Å². The number of anilines is 5. The van der Waals surface area contributed by atoms with Gasteiger partial charge in [0.05, 0.1) is 13.1 Å². The third kappa shape index (κ3) is 32.4. The largest absolute Gasteiger partial charge is 0.443 e. The molecule has 1 unspecified atom stereocenters. The molecule has 0 aliphatic heterocycles. The van der Waals surface area contributed by atoms with Gasteiger partial charge in [-0.25, -0.2) is 44.5 Å². The van der Waals surface area contributed by atoms with Crippen molar-refractivity contribution >= 4 is 204 Å². The molecule has 14 aromatic rings. The van der Waals surface area contributed by atoms with Crippen LogP contribution in [0.5, 0.6) is 0 Å². The maximum Gasteiger partial charge on any atom is 0.416 e. The van der Waals surface area contributed by atoms with Gasteiger partial charge in [0.15, 0.2) is 12.6 Å². The van der Waals surface area contributed by atoms with Crippen molar-refractivity contribution in [1.29, 1.82) is 0 Å². The van der Waals surface area contributed by atoms with Crippen molar-refractivity contribution < 1.29 is 38.6 Å². The second-order valence-corrected chi connectivity index (χ2v) is 33.0. The van der Waals surface area contributed by atoms with E-state index in [2.05, 4.69) is 119 Å². The van der Waals surface area contributed by atoms with E-state index in [-0.39, 0.29) is 13.1 Å². The fraction of sp³-hybridized carbons (Fsp3) is 0.149. The van der Waals surface area contributed by atoms with Crippen molar-refractivity contribution in [1.82, 2.24) is 44.9 Å². The number of aliphatic hydroxyl groups is 1. The minimum Gasteiger partial charge on any atom is -0.443 e. The number of benzene rings is 5. The quantitative estimate of drug-likeness (QED) is 0.0462. The highest BCUT2D eigenvalue weighted by Gasteiger charge is 2.27. The van der Waals surface area contributed by atoms with E-state index >= 15 is 0 Å². The SMILES string of the molecule is Brc1cnc2[nH]ccc2c1.CC(C)(C)OC(=O)N(Cc1ccc(Cl)cc1)c1ccc(C(O)c2c[nH]c3ncc(Br)cc23)cn1.CC(C)(C)OC(=O)N(Cc1ccc(Cl)cc1)c1ccc(C=O)cn1.Clc1ccc(CNc2ccc(Br)cn2)cc1.Nc1ccc(Br)cn1.O=Cc1ccc(Cl)cc1.O=Cc1ccc(NCc2ccc(Cl)cc2)nc1. The Balaban J connectivity index is 0.000000182. The first-order valence-electron chi connectivity index (χ1n) is 35.7. The fourth-order valence-corrected chi connectivity index (χ4v) is 11.7. The highest BCUT2D eigenvalue weighted by molar-refractivity contribution is 9.11. The van der Waals surface area contributed by atoms with Crippen LogP contribution < -0.4 is 26.2 Å². The first-order chi connectivity index (χ1) is 56.4. The molecule has 0 radical (unpaired) electrons. The number of aromatic nitrogens is 9. The molecule has 22 nitrogen and oxygen atoms in total. The zero-order valence-electron chi connectivity index (χ0n) is 64.2. The fourth-order valence-electron chi connectivity index (χ4n) is 9.90. The summed E-state index contributed by atoms with van der Waals surface area (Å²) < 4.78 is 14.8. The van der Waals surface area contributed by atoms with Gasteiger partial charge in [0.25, 0.3) is 0 Å². The molecule has 0 fully saturated rings. The van der Waals surface area contributed by atoms with E-state index in [1.807, 2.05) is 136 Å². The lowest BCUT2D eigenvalue weighted by Crippen LogP contribution is -2.37. The Kier molecular flexibility index (Phi) is 36.7. The van der Waals surface area contributed by atoms with Gasteiger partial charge in [0.1, 0.15) is 64.0 Å². The van der Waals surface area contributed by atoms with Crippen LogP contribution in [0.15, 0.2) is 274 Å². The lowest BCUT2D eigenvalue weighted by molar-refractivity contribution is 0.0565. The number of pyridine rings is 7. The van der Waals surface area contributed by atoms with Crippen molar-refractivity contribution in [2.75, 3.05) is 26.2 Å². The summed E-state index contributed by atoms with van der Waals surface area (Å²) in [4.78, 5) is 95.1. The zero-order valence-corrected chi connectivity index (χ0v) is 74.3. The molecule has 0 saturated heterocycles. The number of nitrogens with zero attached hydrogens (tertiary/aromatic N) is 9. The number of carbonyl (C=O) groups excluding carboxylic acids is 5. The van der Waals surface area contributed by atoms with Gasteiger partial charge >= 0.3 is 12.2 Å². The van der Waals surface area contributed by atoms with E-state index < -0.39 is 29.5 Å². The Hall–Kier alpha value is -10.5. The zero-order chi connectivity index (χ0) is 85.3. The van der Waals surface area contributed by atoms with Gasteiger partial charge in [-0.15, -0.1) is 0 Å². The first-order valence-corrected chi connectivity index (χ1v) is 40.8. The minimum atomic E-state index is -0.919. The number of hydrogen-bond acceptors (Lipinski definition) is 18. The Labute approximate surface area is 741 Å². The third-order valence-electron chi connectivity index (χ3n) is 15.7. The molecule has 14 rings (SSSR count). The summed E-state index contributed by atoms with van der Waals surface area (Å²) in [7, 11) is 0. The summed E-state index contributed by atoms with van der Waals surface area (Å²) in [6.07, 6.45) is 15.3. The van der Waals surface area contributed by atoms with Gasteiger partial charge in [0, 0.05) is 150 Å². The predicted octanol–water partition coefficient (Wildman–Crippen LogP) is 24.1. The maximum absolute atomic E-state index is 13.0. The average molecular weight is 1950 g/mol. The standard InChI is InChI=1S/C25H24BrClN4O3.C18H19ClN2O3.C13H11ClN2O.C12H10BrClN2.C7H5BrN2.C7H5ClO.C5H5BrN2/c1-25(2,3)34-24(33)31(14-15-4-7-18(27)8-5-15)21-9-6-16(11-28-21)22(32)20-13-30-23-19(20)10-17(26)12-29-23;1-18(2,3)24-17(23)21(11-13-4-7-15(19)8-5-13)16-9-6-14(12-22)10-20-16;14-12-4-1-10(2-5-12)7-15-13-6-3-11(9-17)8-16-13;13-10-3-6-12(16-8-10)15-7-9-1-4-11(14)5-2-9;8-6-3-5-1-2-9-7(5)10-4-6;8-7-3-1-6(5-9)2-4-7;6-4-1-2-5(7)8-3-4/h4-13,22,32H,14H2,1-3H3,(H,29,30);4-10,12H,11H2,1-3H3;1-6,8-9H,7H2,(H,15,16);1-6,8H,7H2,(H,15,16);1-4H,(H,9,10);1-5H;1-3H,(H2,7,8). The summed E-state index contributed by atoms with van der Waals surface area (Å²) in [5.74, 6) is 2.96. The van der Waals surface area contributed by atoms with Gasteiger partial charge in [-0.1, -0.05) is 125 Å². The molecule has 0 aliphatic rings. The number of amides is 2. The van der Waals surface area contributed by atoms with E-state index in [1.54, 1.807) is 149 Å². The second kappa shape index (κ2) is 46.6. The number of nitrogens with two attached hydrogens (primary N) is 1. The molecule has 118 heavy (non-hydrogen) atoms. The smallest absolute Gasteiger partial charge is 0.416 e. The normalized spacial score (nSPS) is 10.8. The Morgan fingerprint density at radius 1 is 0.449 bits per heavy atom. The number of fused-ring (bicyclic) bond motifs is 2. The third-order valence-corrected chi connectivity index (χ3v) is 18.7. The lowest BCUT2D eigenvalue weighted by atomic mass is 10.0. The molecular formula is C87H79Br4Cl5N14O8. The molecule has 9 aromatic heterocycles. The summed E-state index contributed by atoms with van der Waals surface area (Å²) >= 11 is 42.4. The van der Waals surface area contributed by atoms with E-state index in [9.17, 15) is 29.1 Å². The minimum absolute atomic E-state index is 0.253. The monoisotopic (exact) mass is 1940 g/mol. The highest BCUT2D eigenvalue weighted by Crippen LogP contribution is 2.32. The number of nitrogen functional groups attached to an aromatic ring is 1. The van der Waals surface area contributed by atoms with Crippen LogP contribution in [0.2, 0.25) is 25.1 Å². The molecule has 0 bridgehead atoms. The molecular weight excluding hydrogens is 1870 g/mol. The predicted molar refractivity (Wildman–Crippen MR) is 486 cm³/mol. The Morgan fingerprint density at radius 3 is 1.25 bits per heavy atom. The Bertz CT molecular complexity index is 5430. The number of rotatable bonds is 17. The van der Waals surface area contributed by atoms with Crippen LogP contribution in [-0.2, 0) is 35.7 Å². The molecule has 0 aliphatic carbocycles. The number of hydrogen-bond donors (Lipinski definition) is 6. The Morgan fingerprint density at radius 2 is 0.847 bits per heavy atom. The van der Waals surface area contributed by atoms with E-state index in [1.165, 1.54) is 27.8 Å². The van der Waals surface area contributed by atoms with Crippen molar-refractivity contribution in [3.05, 3.63) is 349 Å². The summed E-state index contributed by atoms with van der Waals surface area (Å²) in [5, 5.41) is 22.7. The van der Waals surface area contributed by atoms with Crippen molar-refractivity contribution in [2.45, 2.75) is 85.0 Å². The van der Waals surface area contributed by atoms with E-state index in [0.717, 1.165) is 91.8 Å². The number of aromatic amines is 2. The number of H-pyrrole nitrogens is 2. The van der Waals surface area contributed by atoms with Gasteiger partial charge in [0.2, 0.25) is 0 Å². The molecule has 0 spiro atoms. The number of carbonyl (C=O) groups is 5. The van der Waals surface area contributed by atoms with Crippen LogP contribution in [0.25, 0.3) is 22.1 Å². The van der Waals surface area contributed by atoms with Crippen LogP contribution in [0.1, 0.15) is 112 Å². The van der Waals surface area contributed by atoms with Crippen LogP contribution >= 0.6 is 122 Å². The van der Waals surface area contributed by atoms with E-state index in [0.29, 0.717) is 78.8 Å². The summed E-state index contributed by atoms with van der Waals surface area (Å²) in [6, 6.07) is 60.1. The molecule has 9 heterocycles. The topological polar surface area (TPSA) is 302 Å². The van der Waals surface area contributed by atoms with E-state index in [4.69, 9.17) is 73.2 Å². The van der Waals surface area contributed by atoms with Crippen LogP contribution in [0.3, 0.4) is 0 Å². The van der Waals surface area contributed by atoms with Gasteiger partial charge < -0.3 is 40.9 Å². The van der Waals surface area contributed by atoms with Crippen LogP contribution in [-0.4, -0.2) is 92.2 Å². The summed E-state index contributed by atoms with van der Waals surface area (Å²) in [5.41, 5.74) is 12.6. The lowest BCUT2D eigenvalue weighted by Gasteiger charge is -2.27. The molecule has 1 atom stereocenters. The highest BCUT2D eigenvalue weighted by atomic mass is 79.9.